The van der Waals surface area contributed by atoms with Crippen LogP contribution in [0.5, 0.6) is 0 Å². The summed E-state index contributed by atoms with van der Waals surface area (Å²) in [7, 11) is 3.67. The van der Waals surface area contributed by atoms with Crippen LogP contribution in [0.2, 0.25) is 0 Å². The molecule has 0 atom stereocenters. The second-order valence-electron chi connectivity index (χ2n) is 7.04. The molecule has 0 saturated heterocycles. The summed E-state index contributed by atoms with van der Waals surface area (Å²) in [6, 6.07) is 9.92. The topological polar surface area (TPSA) is 53.0 Å². The number of ketones is 1. The molecule has 162 valence electrons. The van der Waals surface area contributed by atoms with Crippen LogP contribution in [-0.4, -0.2) is 53.7 Å². The highest BCUT2D eigenvalue weighted by Crippen LogP contribution is 2.28. The standard InChI is InChI=1S/C21H27N3O2S.C3H6/c1-6-15(2)18(25)13-23(4)19-14-27-20(16(3)22-19)21(26)24(5)12-17-10-8-7-9-11-17;1-3-2/h6-11H,12-14H2,1-5H3;3H,1H2,2H3/b15-6+;. The minimum Gasteiger partial charge on any atom is -0.355 e. The number of thioether (sulfide) groups is 1. The van der Waals surface area contributed by atoms with Crippen LogP contribution in [-0.2, 0) is 16.1 Å². The van der Waals surface area contributed by atoms with Crippen molar-refractivity contribution in [3.63, 3.8) is 0 Å². The lowest BCUT2D eigenvalue weighted by atomic mass is 10.2. The number of Topliss-reactive ketones (excluding diaryl/α,β-unsaturated/α-hetero) is 1. The fourth-order valence-electron chi connectivity index (χ4n) is 2.62. The third kappa shape index (κ3) is 7.67. The lowest BCUT2D eigenvalue weighted by Gasteiger charge is -2.26. The summed E-state index contributed by atoms with van der Waals surface area (Å²) in [6.45, 7) is 11.6. The fraction of sp³-hybridized carbons (Fsp3) is 0.375. The highest BCUT2D eigenvalue weighted by atomic mass is 32.2. The molecule has 30 heavy (non-hydrogen) atoms. The zero-order valence-electron chi connectivity index (χ0n) is 18.9. The number of hydrogen-bond acceptors (Lipinski definition) is 5. The van der Waals surface area contributed by atoms with Crippen LogP contribution < -0.4 is 0 Å². The number of benzene rings is 1. The summed E-state index contributed by atoms with van der Waals surface area (Å²) in [5.74, 6) is 1.46. The van der Waals surface area contributed by atoms with E-state index in [-0.39, 0.29) is 11.7 Å². The molecule has 1 aromatic rings. The SMILES string of the molecule is C/C=C(\C)C(=O)CN(C)C1=NC(C)=C(C(=O)N(C)Cc2ccccc2)SC1.C=CC. The van der Waals surface area contributed by atoms with Crippen molar-refractivity contribution in [3.05, 3.63) is 70.8 Å². The first kappa shape index (κ1) is 25.4. The van der Waals surface area contributed by atoms with Crippen molar-refractivity contribution in [2.75, 3.05) is 26.4 Å². The lowest BCUT2D eigenvalue weighted by Crippen LogP contribution is -2.36. The van der Waals surface area contributed by atoms with Gasteiger partial charge in [-0.3, -0.25) is 9.59 Å². The van der Waals surface area contributed by atoms with Crippen LogP contribution >= 0.6 is 11.8 Å². The van der Waals surface area contributed by atoms with Crippen LogP contribution in [0.1, 0.15) is 33.3 Å². The van der Waals surface area contributed by atoms with Gasteiger partial charge in [-0.05, 0) is 38.8 Å². The van der Waals surface area contributed by atoms with Crippen molar-refractivity contribution in [3.8, 4) is 0 Å². The minimum absolute atomic E-state index is 0.0207. The first-order chi connectivity index (χ1) is 14.2. The van der Waals surface area contributed by atoms with E-state index in [0.717, 1.165) is 17.0 Å². The smallest absolute Gasteiger partial charge is 0.262 e. The molecule has 0 spiro atoms. The molecule has 1 aliphatic heterocycles. The first-order valence-electron chi connectivity index (χ1n) is 9.90. The molecule has 0 bridgehead atoms. The summed E-state index contributed by atoms with van der Waals surface area (Å²) < 4.78 is 0. The molecular weight excluding hydrogens is 394 g/mol. The molecule has 0 aromatic heterocycles. The molecular formula is C24H33N3O2S. The molecule has 0 unspecified atom stereocenters. The van der Waals surface area contributed by atoms with E-state index in [9.17, 15) is 9.59 Å². The van der Waals surface area contributed by atoms with Crippen LogP contribution in [0.15, 0.2) is 70.2 Å². The lowest BCUT2D eigenvalue weighted by molar-refractivity contribution is -0.125. The Morgan fingerprint density at radius 3 is 2.33 bits per heavy atom. The van der Waals surface area contributed by atoms with Crippen LogP contribution in [0.25, 0.3) is 0 Å². The molecule has 1 aromatic carbocycles. The van der Waals surface area contributed by atoms with Crippen molar-refractivity contribution in [1.82, 2.24) is 9.80 Å². The van der Waals surface area contributed by atoms with Gasteiger partial charge in [0, 0.05) is 20.6 Å². The van der Waals surface area contributed by atoms with Crippen molar-refractivity contribution in [2.24, 2.45) is 4.99 Å². The predicted octanol–water partition coefficient (Wildman–Crippen LogP) is 4.68. The summed E-state index contributed by atoms with van der Waals surface area (Å²) in [6.07, 6.45) is 3.57. The van der Waals surface area contributed by atoms with E-state index in [1.807, 2.05) is 76.1 Å². The molecule has 0 aliphatic carbocycles. The Morgan fingerprint density at radius 2 is 1.80 bits per heavy atom. The Morgan fingerprint density at radius 1 is 1.20 bits per heavy atom. The first-order valence-corrected chi connectivity index (χ1v) is 10.9. The van der Waals surface area contributed by atoms with Gasteiger partial charge in [-0.25, -0.2) is 4.99 Å². The number of carbonyl (C=O) groups is 2. The third-order valence-corrected chi connectivity index (χ3v) is 5.63. The summed E-state index contributed by atoms with van der Waals surface area (Å²) in [4.78, 5) is 33.7. The third-order valence-electron chi connectivity index (χ3n) is 4.47. The maximum Gasteiger partial charge on any atom is 0.262 e. The summed E-state index contributed by atoms with van der Waals surface area (Å²) in [5.41, 5.74) is 2.54. The number of allylic oxidation sites excluding steroid dienone is 3. The van der Waals surface area contributed by atoms with Gasteiger partial charge in [-0.15, -0.1) is 18.3 Å². The molecule has 1 heterocycles. The maximum atomic E-state index is 12.8. The quantitative estimate of drug-likeness (QED) is 0.489. The molecule has 0 saturated carbocycles. The second kappa shape index (κ2) is 12.9. The van der Waals surface area contributed by atoms with Crippen LogP contribution in [0.3, 0.4) is 0 Å². The minimum atomic E-state index is -0.0207. The zero-order chi connectivity index (χ0) is 22.7. The molecule has 0 radical (unpaired) electrons. The molecule has 1 aliphatic rings. The monoisotopic (exact) mass is 427 g/mol. The van der Waals surface area contributed by atoms with Gasteiger partial charge >= 0.3 is 0 Å². The fourth-order valence-corrected chi connectivity index (χ4v) is 3.72. The number of aliphatic imine (C=N–C) groups is 1. The number of amidine groups is 1. The van der Waals surface area contributed by atoms with Gasteiger partial charge in [0.05, 0.1) is 22.9 Å². The number of amides is 1. The van der Waals surface area contributed by atoms with Crippen molar-refractivity contribution in [1.29, 1.82) is 0 Å². The van der Waals surface area contributed by atoms with Gasteiger partial charge < -0.3 is 9.80 Å². The van der Waals surface area contributed by atoms with E-state index in [4.69, 9.17) is 0 Å². The molecule has 1 amide bonds. The summed E-state index contributed by atoms with van der Waals surface area (Å²) in [5, 5.41) is 0. The Bertz CT molecular complexity index is 841. The Balaban J connectivity index is 0.00000141. The van der Waals surface area contributed by atoms with E-state index in [1.165, 1.54) is 11.8 Å². The van der Waals surface area contributed by atoms with Gasteiger partial charge in [0.15, 0.2) is 5.78 Å². The van der Waals surface area contributed by atoms with Crippen LogP contribution in [0.4, 0.5) is 0 Å². The van der Waals surface area contributed by atoms with Gasteiger partial charge in [-0.2, -0.15) is 0 Å². The van der Waals surface area contributed by atoms with Crippen molar-refractivity contribution in [2.45, 2.75) is 34.2 Å². The van der Waals surface area contributed by atoms with Gasteiger partial charge in [0.25, 0.3) is 5.91 Å². The Labute approximate surface area is 185 Å². The zero-order valence-corrected chi connectivity index (χ0v) is 19.8. The Kier molecular flexibility index (Phi) is 10.9. The van der Waals surface area contributed by atoms with Gasteiger partial charge in [0.2, 0.25) is 0 Å². The largest absolute Gasteiger partial charge is 0.355 e. The summed E-state index contributed by atoms with van der Waals surface area (Å²) >= 11 is 1.49. The number of carbonyl (C=O) groups excluding carboxylic acids is 2. The molecule has 0 fully saturated rings. The average Bonchev–Trinajstić information content (AvgIpc) is 2.73. The molecule has 2 rings (SSSR count). The molecule has 5 nitrogen and oxygen atoms in total. The second-order valence-corrected chi connectivity index (χ2v) is 8.02. The van der Waals surface area contributed by atoms with Crippen LogP contribution in [0, 0.1) is 0 Å². The van der Waals surface area contributed by atoms with Crippen molar-refractivity contribution >= 4 is 29.3 Å². The van der Waals surface area contributed by atoms with E-state index in [2.05, 4.69) is 11.6 Å². The normalized spacial score (nSPS) is 13.7. The molecule has 0 N–H and O–H groups in total. The van der Waals surface area contributed by atoms with E-state index in [1.54, 1.807) is 18.0 Å². The van der Waals surface area contributed by atoms with Gasteiger partial charge in [-0.1, -0.05) is 42.5 Å². The highest BCUT2D eigenvalue weighted by Gasteiger charge is 2.24. The number of hydrogen-bond donors (Lipinski definition) is 0. The number of rotatable bonds is 6. The van der Waals surface area contributed by atoms with Crippen molar-refractivity contribution < 1.29 is 9.59 Å². The number of nitrogens with zero attached hydrogens (tertiary/aromatic N) is 3. The van der Waals surface area contributed by atoms with E-state index in [0.29, 0.717) is 29.4 Å². The predicted molar refractivity (Wildman–Crippen MR) is 128 cm³/mol. The number of likely N-dealkylation sites (N-methyl/N-ethyl adjacent to an activating group) is 2. The Hall–Kier alpha value is -2.60. The molecule has 6 heteroatoms. The maximum absolute atomic E-state index is 12.8. The average molecular weight is 428 g/mol. The van der Waals surface area contributed by atoms with E-state index >= 15 is 0 Å². The highest BCUT2D eigenvalue weighted by molar-refractivity contribution is 8.04. The van der Waals surface area contributed by atoms with E-state index < -0.39 is 0 Å². The van der Waals surface area contributed by atoms with Gasteiger partial charge in [0.1, 0.15) is 5.84 Å².